The predicted octanol–water partition coefficient (Wildman–Crippen LogP) is -0.0525. The van der Waals surface area contributed by atoms with Crippen LogP contribution in [0.2, 0.25) is 0 Å². The summed E-state index contributed by atoms with van der Waals surface area (Å²) in [6, 6.07) is 3.21. The van der Waals surface area contributed by atoms with Crippen molar-refractivity contribution in [3.05, 3.63) is 24.1 Å². The summed E-state index contributed by atoms with van der Waals surface area (Å²) in [6.07, 6.45) is 1.33. The zero-order valence-electron chi connectivity index (χ0n) is 10.8. The van der Waals surface area contributed by atoms with Crippen LogP contribution in [0.5, 0.6) is 0 Å². The zero-order valence-corrected chi connectivity index (χ0v) is 10.8. The molecule has 1 fully saturated rings. The van der Waals surface area contributed by atoms with Crippen LogP contribution in [0, 0.1) is 5.82 Å². The molecule has 2 aromatic rings. The normalized spacial score (nSPS) is 21.2. The number of nitrogens with zero attached hydrogens (tertiary/aromatic N) is 5. The van der Waals surface area contributed by atoms with Crippen LogP contribution < -0.4 is 10.6 Å². The molecule has 3 heterocycles. The van der Waals surface area contributed by atoms with Crippen molar-refractivity contribution in [3.63, 3.8) is 0 Å². The third-order valence-electron chi connectivity index (χ3n) is 3.50. The lowest BCUT2D eigenvalue weighted by molar-refractivity contribution is 0.268. The molecule has 1 unspecified atom stereocenters. The van der Waals surface area contributed by atoms with Crippen molar-refractivity contribution in [2.75, 3.05) is 38.1 Å². The number of aromatic nitrogens is 3. The van der Waals surface area contributed by atoms with E-state index in [1.54, 1.807) is 6.07 Å². The molecule has 0 amide bonds. The summed E-state index contributed by atoms with van der Waals surface area (Å²) < 4.78 is 14.6. The van der Waals surface area contributed by atoms with Crippen LogP contribution in [0.3, 0.4) is 0 Å². The first-order chi connectivity index (χ1) is 9.17. The van der Waals surface area contributed by atoms with Gasteiger partial charge in [0.1, 0.15) is 5.82 Å². The standard InChI is InChI=1S/C12H17FN6/c1-17-4-5-18(10(6-14)8-17)12-15-11-3-2-9(13)7-19(11)16-12/h2-3,7,10H,4-6,8,14H2,1H3. The van der Waals surface area contributed by atoms with Crippen LogP contribution in [0.15, 0.2) is 18.3 Å². The van der Waals surface area contributed by atoms with Crippen LogP contribution in [0.1, 0.15) is 0 Å². The highest BCUT2D eigenvalue weighted by Crippen LogP contribution is 2.17. The summed E-state index contributed by atoms with van der Waals surface area (Å²) in [5, 5.41) is 4.34. The lowest BCUT2D eigenvalue weighted by Crippen LogP contribution is -2.55. The van der Waals surface area contributed by atoms with E-state index in [4.69, 9.17) is 5.73 Å². The Morgan fingerprint density at radius 3 is 3.05 bits per heavy atom. The van der Waals surface area contributed by atoms with Gasteiger partial charge in [-0.05, 0) is 19.2 Å². The number of likely N-dealkylation sites (N-methyl/N-ethyl adjacent to an activating group) is 1. The molecule has 0 saturated carbocycles. The Kier molecular flexibility index (Phi) is 3.08. The molecular weight excluding hydrogens is 247 g/mol. The molecule has 1 aliphatic rings. The third kappa shape index (κ3) is 2.26. The Morgan fingerprint density at radius 1 is 1.42 bits per heavy atom. The molecule has 6 nitrogen and oxygen atoms in total. The lowest BCUT2D eigenvalue weighted by atomic mass is 10.2. The zero-order chi connectivity index (χ0) is 13.4. The maximum Gasteiger partial charge on any atom is 0.246 e. The van der Waals surface area contributed by atoms with Crippen LogP contribution in [-0.2, 0) is 0 Å². The van der Waals surface area contributed by atoms with Gasteiger partial charge < -0.3 is 15.5 Å². The molecule has 1 atom stereocenters. The van der Waals surface area contributed by atoms with Crippen molar-refractivity contribution in [2.45, 2.75) is 6.04 Å². The summed E-state index contributed by atoms with van der Waals surface area (Å²) in [6.45, 7) is 3.22. The topological polar surface area (TPSA) is 62.7 Å². The molecular formula is C12H17FN6. The molecule has 19 heavy (non-hydrogen) atoms. The Balaban J connectivity index is 1.94. The first kappa shape index (κ1) is 12.3. The van der Waals surface area contributed by atoms with Gasteiger partial charge in [-0.3, -0.25) is 0 Å². The van der Waals surface area contributed by atoms with E-state index in [0.717, 1.165) is 19.6 Å². The summed E-state index contributed by atoms with van der Waals surface area (Å²) in [5.74, 6) is 0.298. The molecule has 2 aromatic heterocycles. The molecule has 0 radical (unpaired) electrons. The molecule has 2 N–H and O–H groups in total. The predicted molar refractivity (Wildman–Crippen MR) is 70.6 cm³/mol. The average Bonchev–Trinajstić information content (AvgIpc) is 2.81. The van der Waals surface area contributed by atoms with Crippen molar-refractivity contribution >= 4 is 11.6 Å². The minimum absolute atomic E-state index is 0.195. The highest BCUT2D eigenvalue weighted by molar-refractivity contribution is 5.45. The van der Waals surface area contributed by atoms with Gasteiger partial charge >= 0.3 is 0 Å². The van der Waals surface area contributed by atoms with Gasteiger partial charge in [0.2, 0.25) is 5.95 Å². The van der Waals surface area contributed by atoms with Crippen molar-refractivity contribution in [1.29, 1.82) is 0 Å². The van der Waals surface area contributed by atoms with Crippen molar-refractivity contribution in [1.82, 2.24) is 19.5 Å². The number of hydrogen-bond acceptors (Lipinski definition) is 5. The number of rotatable bonds is 2. The molecule has 0 bridgehead atoms. The summed E-state index contributed by atoms with van der Waals surface area (Å²) in [7, 11) is 2.08. The molecule has 0 spiro atoms. The largest absolute Gasteiger partial charge is 0.333 e. The van der Waals surface area contributed by atoms with Crippen LogP contribution in [-0.4, -0.2) is 58.8 Å². The van der Waals surface area contributed by atoms with E-state index in [9.17, 15) is 4.39 Å². The second kappa shape index (κ2) is 4.75. The van der Waals surface area contributed by atoms with Gasteiger partial charge in [0.05, 0.1) is 12.2 Å². The lowest BCUT2D eigenvalue weighted by Gasteiger charge is -2.38. The number of fused-ring (bicyclic) bond motifs is 1. The van der Waals surface area contributed by atoms with E-state index in [2.05, 4.69) is 26.9 Å². The maximum absolute atomic E-state index is 13.2. The smallest absolute Gasteiger partial charge is 0.246 e. The molecule has 1 saturated heterocycles. The van der Waals surface area contributed by atoms with E-state index in [1.165, 1.54) is 16.8 Å². The van der Waals surface area contributed by atoms with Crippen LogP contribution in [0.4, 0.5) is 10.3 Å². The highest BCUT2D eigenvalue weighted by atomic mass is 19.1. The maximum atomic E-state index is 13.2. The summed E-state index contributed by atoms with van der Waals surface area (Å²) >= 11 is 0. The number of halogens is 1. The van der Waals surface area contributed by atoms with Gasteiger partial charge in [-0.1, -0.05) is 0 Å². The summed E-state index contributed by atoms with van der Waals surface area (Å²) in [5.41, 5.74) is 6.47. The fourth-order valence-electron chi connectivity index (χ4n) is 2.44. The molecule has 7 heteroatoms. The van der Waals surface area contributed by atoms with Crippen molar-refractivity contribution in [3.8, 4) is 0 Å². The molecule has 0 aromatic carbocycles. The van der Waals surface area contributed by atoms with Gasteiger partial charge in [0, 0.05) is 26.2 Å². The number of nitrogens with two attached hydrogens (primary N) is 1. The van der Waals surface area contributed by atoms with Crippen LogP contribution >= 0.6 is 0 Å². The Labute approximate surface area is 110 Å². The summed E-state index contributed by atoms with van der Waals surface area (Å²) in [4.78, 5) is 8.78. The first-order valence-corrected chi connectivity index (χ1v) is 6.34. The number of piperazine rings is 1. The van der Waals surface area contributed by atoms with E-state index < -0.39 is 0 Å². The monoisotopic (exact) mass is 264 g/mol. The van der Waals surface area contributed by atoms with Crippen molar-refractivity contribution in [2.24, 2.45) is 5.73 Å². The molecule has 1 aliphatic heterocycles. The van der Waals surface area contributed by atoms with Crippen molar-refractivity contribution < 1.29 is 4.39 Å². The Hall–Kier alpha value is -1.73. The fourth-order valence-corrected chi connectivity index (χ4v) is 2.44. The average molecular weight is 264 g/mol. The van der Waals surface area contributed by atoms with Gasteiger partial charge in [-0.25, -0.2) is 8.91 Å². The second-order valence-corrected chi connectivity index (χ2v) is 4.91. The van der Waals surface area contributed by atoms with Gasteiger partial charge in [-0.2, -0.15) is 4.98 Å². The minimum Gasteiger partial charge on any atom is -0.333 e. The van der Waals surface area contributed by atoms with E-state index in [-0.39, 0.29) is 11.9 Å². The Morgan fingerprint density at radius 2 is 2.26 bits per heavy atom. The SMILES string of the molecule is CN1CCN(c2nc3ccc(F)cn3n2)C(CN)C1. The molecule has 3 rings (SSSR count). The third-order valence-corrected chi connectivity index (χ3v) is 3.50. The van der Waals surface area contributed by atoms with E-state index >= 15 is 0 Å². The molecule has 0 aliphatic carbocycles. The minimum atomic E-state index is -0.322. The number of hydrogen-bond donors (Lipinski definition) is 1. The van der Waals surface area contributed by atoms with Gasteiger partial charge in [0.25, 0.3) is 0 Å². The number of anilines is 1. The quantitative estimate of drug-likeness (QED) is 0.824. The number of pyridine rings is 1. The van der Waals surface area contributed by atoms with E-state index in [0.29, 0.717) is 18.1 Å². The van der Waals surface area contributed by atoms with Gasteiger partial charge in [0.15, 0.2) is 5.65 Å². The van der Waals surface area contributed by atoms with Crippen LogP contribution in [0.25, 0.3) is 5.65 Å². The Bertz CT molecular complexity index is 583. The highest BCUT2D eigenvalue weighted by Gasteiger charge is 2.27. The van der Waals surface area contributed by atoms with E-state index in [1.807, 2.05) is 0 Å². The second-order valence-electron chi connectivity index (χ2n) is 4.91. The van der Waals surface area contributed by atoms with Gasteiger partial charge in [-0.15, -0.1) is 5.10 Å². The molecule has 102 valence electrons. The fraction of sp³-hybridized carbons (Fsp3) is 0.500. The first-order valence-electron chi connectivity index (χ1n) is 6.34.